The molecule has 2 aromatic rings. The van der Waals surface area contributed by atoms with Gasteiger partial charge in [-0.2, -0.15) is 0 Å². The van der Waals surface area contributed by atoms with Crippen LogP contribution in [0.1, 0.15) is 61.6 Å². The number of anilines is 1. The van der Waals surface area contributed by atoms with Crippen LogP contribution in [0.3, 0.4) is 0 Å². The molecule has 4 heterocycles. The zero-order chi connectivity index (χ0) is 31.3. The summed E-state index contributed by atoms with van der Waals surface area (Å²) in [7, 11) is 0. The summed E-state index contributed by atoms with van der Waals surface area (Å²) in [5.74, 6) is -0.0558. The third-order valence-electron chi connectivity index (χ3n) is 9.87. The van der Waals surface area contributed by atoms with Crippen LogP contribution >= 0.6 is 15.9 Å². The van der Waals surface area contributed by atoms with E-state index in [0.29, 0.717) is 58.0 Å². The van der Waals surface area contributed by atoms with E-state index in [2.05, 4.69) is 37.5 Å². The van der Waals surface area contributed by atoms with E-state index >= 15 is 0 Å². The van der Waals surface area contributed by atoms with Crippen LogP contribution in [0.4, 0.5) is 15.3 Å². The average Bonchev–Trinajstić information content (AvgIpc) is 3.06. The Kier molecular flexibility index (Phi) is 10.3. The molecule has 3 saturated heterocycles. The smallest absolute Gasteiger partial charge is 0.351 e. The van der Waals surface area contributed by atoms with Crippen LogP contribution in [0.2, 0.25) is 0 Å². The number of nitrogens with one attached hydrogen (secondary N) is 2. The second-order valence-electron chi connectivity index (χ2n) is 12.9. The highest BCUT2D eigenvalue weighted by atomic mass is 79.9. The second-order valence-corrected chi connectivity index (χ2v) is 13.7. The average molecular weight is 682 g/mol. The third-order valence-corrected chi connectivity index (χ3v) is 10.8. The predicted octanol–water partition coefficient (Wildman–Crippen LogP) is 5.30. The van der Waals surface area contributed by atoms with E-state index in [9.17, 15) is 14.4 Å². The minimum atomic E-state index is -0.723. The Morgan fingerprint density at radius 1 is 0.956 bits per heavy atom. The van der Waals surface area contributed by atoms with E-state index in [1.165, 1.54) is 19.3 Å². The van der Waals surface area contributed by atoms with Crippen LogP contribution in [0, 0.1) is 6.92 Å². The molecule has 1 atom stereocenters. The fraction of sp³-hybridized carbons (Fsp3) is 0.559. The summed E-state index contributed by atoms with van der Waals surface area (Å²) in [5.41, 5.74) is 4.03. The van der Waals surface area contributed by atoms with E-state index in [1.807, 2.05) is 53.1 Å². The van der Waals surface area contributed by atoms with Crippen molar-refractivity contribution in [3.8, 4) is 0 Å². The zero-order valence-corrected chi connectivity index (χ0v) is 27.8. The molecule has 0 spiro atoms. The number of carbonyl (C=O) groups is 3. The maximum Gasteiger partial charge on any atom is 0.426 e. The van der Waals surface area contributed by atoms with Gasteiger partial charge in [0.15, 0.2) is 0 Å². The third kappa shape index (κ3) is 7.81. The van der Waals surface area contributed by atoms with Crippen molar-refractivity contribution in [2.75, 3.05) is 44.6 Å². The summed E-state index contributed by atoms with van der Waals surface area (Å²) >= 11 is 3.56. The van der Waals surface area contributed by atoms with Crippen molar-refractivity contribution >= 4 is 39.6 Å². The summed E-state index contributed by atoms with van der Waals surface area (Å²) in [4.78, 5) is 52.0. The van der Waals surface area contributed by atoms with Crippen molar-refractivity contribution in [2.24, 2.45) is 0 Å². The number of nitrogens with zero attached hydrogens (tertiary/aromatic N) is 4. The molecule has 1 unspecified atom stereocenters. The standard InChI is InChI=1S/C34H45BrN6O4/c1-24-21-25(9-10-29(24)35)22-31(32(42)39-17-11-27(12-18-39)38-15-5-2-6-16-38)37-34(44)45-40-19-13-28(14-20-40)41-23-26-7-3-4-8-30(26)36-33(41)43/h3-4,7-10,21,27-28,31H,2,5-6,11-20,22-23H2,1H3,(H,36,43)(H,37,44). The van der Waals surface area contributed by atoms with Gasteiger partial charge in [-0.3, -0.25) is 4.79 Å². The highest BCUT2D eigenvalue weighted by Crippen LogP contribution is 2.28. The second kappa shape index (κ2) is 14.5. The van der Waals surface area contributed by atoms with Crippen LogP contribution < -0.4 is 10.6 Å². The lowest BCUT2D eigenvalue weighted by atomic mass is 9.98. The Morgan fingerprint density at radius 2 is 1.67 bits per heavy atom. The molecule has 0 saturated carbocycles. The fourth-order valence-electron chi connectivity index (χ4n) is 7.27. The number of likely N-dealkylation sites (tertiary alicyclic amines) is 2. The number of urea groups is 1. The Labute approximate surface area is 274 Å². The van der Waals surface area contributed by atoms with Gasteiger partial charge in [-0.05, 0) is 87.4 Å². The van der Waals surface area contributed by atoms with Gasteiger partial charge in [-0.25, -0.2) is 9.59 Å². The molecule has 10 nitrogen and oxygen atoms in total. The summed E-state index contributed by atoms with van der Waals surface area (Å²) in [6.45, 7) is 7.34. The van der Waals surface area contributed by atoms with Crippen LogP contribution in [-0.4, -0.2) is 95.2 Å². The molecule has 11 heteroatoms. The first-order chi connectivity index (χ1) is 21.8. The first-order valence-electron chi connectivity index (χ1n) is 16.5. The molecule has 0 aromatic heterocycles. The number of hydrogen-bond acceptors (Lipinski definition) is 6. The lowest BCUT2D eigenvalue weighted by Gasteiger charge is -2.41. The van der Waals surface area contributed by atoms with Crippen molar-refractivity contribution < 1.29 is 19.2 Å². The van der Waals surface area contributed by atoms with E-state index < -0.39 is 12.1 Å². The first-order valence-corrected chi connectivity index (χ1v) is 17.3. The fourth-order valence-corrected chi connectivity index (χ4v) is 7.52. The molecule has 4 amide bonds. The van der Waals surface area contributed by atoms with E-state index in [1.54, 1.807) is 5.06 Å². The Hall–Kier alpha value is -3.15. The number of fused-ring (bicyclic) bond motifs is 1. The first kappa shape index (κ1) is 31.8. The number of para-hydroxylation sites is 1. The lowest BCUT2D eigenvalue weighted by molar-refractivity contribution is -0.137. The number of rotatable bonds is 7. The van der Waals surface area contributed by atoms with Crippen molar-refractivity contribution in [1.82, 2.24) is 25.1 Å². The molecule has 2 N–H and O–H groups in total. The van der Waals surface area contributed by atoms with Gasteiger partial charge in [0.05, 0.1) is 0 Å². The molecule has 4 aliphatic rings. The number of hydroxylamine groups is 2. The zero-order valence-electron chi connectivity index (χ0n) is 26.2. The highest BCUT2D eigenvalue weighted by Gasteiger charge is 2.35. The molecule has 0 aliphatic carbocycles. The van der Waals surface area contributed by atoms with Crippen LogP contribution in [0.25, 0.3) is 0 Å². The van der Waals surface area contributed by atoms with Gasteiger partial charge in [0.2, 0.25) is 5.91 Å². The van der Waals surface area contributed by atoms with Gasteiger partial charge in [0.25, 0.3) is 0 Å². The van der Waals surface area contributed by atoms with Gasteiger partial charge < -0.3 is 30.2 Å². The monoisotopic (exact) mass is 680 g/mol. The lowest BCUT2D eigenvalue weighted by Crippen LogP contribution is -2.55. The predicted molar refractivity (Wildman–Crippen MR) is 177 cm³/mol. The van der Waals surface area contributed by atoms with Gasteiger partial charge in [0.1, 0.15) is 6.04 Å². The maximum atomic E-state index is 13.9. The van der Waals surface area contributed by atoms with Crippen molar-refractivity contribution in [1.29, 1.82) is 0 Å². The SMILES string of the molecule is Cc1cc(CC(NC(=O)ON2CCC(N3Cc4ccccc4NC3=O)CC2)C(=O)N2CCC(N3CCCCC3)CC2)ccc1Br. The van der Waals surface area contributed by atoms with Gasteiger partial charge in [0, 0.05) is 61.4 Å². The number of carbonyl (C=O) groups excluding carboxylic acids is 3. The van der Waals surface area contributed by atoms with Crippen LogP contribution in [0.5, 0.6) is 0 Å². The molecular formula is C34H45BrN6O4. The van der Waals surface area contributed by atoms with Crippen LogP contribution in [-0.2, 0) is 22.6 Å². The van der Waals surface area contributed by atoms with Crippen molar-refractivity contribution in [3.05, 3.63) is 63.6 Å². The number of piperidine rings is 3. The Balaban J connectivity index is 1.04. The Morgan fingerprint density at radius 3 is 2.40 bits per heavy atom. The molecule has 2 aromatic carbocycles. The number of halogens is 1. The number of hydrogen-bond donors (Lipinski definition) is 2. The van der Waals surface area contributed by atoms with Crippen molar-refractivity contribution in [2.45, 2.75) is 83.0 Å². The minimum Gasteiger partial charge on any atom is -0.351 e. The van der Waals surface area contributed by atoms with Gasteiger partial charge >= 0.3 is 12.1 Å². The van der Waals surface area contributed by atoms with Gasteiger partial charge in [-0.15, -0.1) is 5.06 Å². The van der Waals surface area contributed by atoms with Gasteiger partial charge in [-0.1, -0.05) is 52.7 Å². The van der Waals surface area contributed by atoms with E-state index in [-0.39, 0.29) is 18.0 Å². The van der Waals surface area contributed by atoms with E-state index in [4.69, 9.17) is 4.84 Å². The summed E-state index contributed by atoms with van der Waals surface area (Å²) in [6, 6.07) is 13.7. The van der Waals surface area contributed by atoms with Crippen LogP contribution in [0.15, 0.2) is 46.9 Å². The Bertz CT molecular complexity index is 1370. The van der Waals surface area contributed by atoms with E-state index in [0.717, 1.165) is 52.8 Å². The largest absolute Gasteiger partial charge is 0.426 e. The molecule has 6 rings (SSSR count). The quantitative estimate of drug-likeness (QED) is 0.412. The minimum absolute atomic E-state index is 0.0558. The number of benzene rings is 2. The number of aryl methyl sites for hydroxylation is 1. The molecular weight excluding hydrogens is 636 g/mol. The topological polar surface area (TPSA) is 97.5 Å². The molecule has 3 fully saturated rings. The molecule has 242 valence electrons. The summed E-state index contributed by atoms with van der Waals surface area (Å²) < 4.78 is 1.01. The number of amides is 4. The normalized spacial score (nSPS) is 21.2. The molecule has 0 bridgehead atoms. The maximum absolute atomic E-state index is 13.9. The highest BCUT2D eigenvalue weighted by molar-refractivity contribution is 9.10. The van der Waals surface area contributed by atoms with Crippen molar-refractivity contribution in [3.63, 3.8) is 0 Å². The molecule has 45 heavy (non-hydrogen) atoms. The summed E-state index contributed by atoms with van der Waals surface area (Å²) in [5, 5.41) is 7.56. The molecule has 0 radical (unpaired) electrons. The summed E-state index contributed by atoms with van der Waals surface area (Å²) in [6.07, 6.45) is 6.93. The molecule has 4 aliphatic heterocycles.